The van der Waals surface area contributed by atoms with Crippen molar-refractivity contribution in [1.82, 2.24) is 10.2 Å². The van der Waals surface area contributed by atoms with E-state index in [4.69, 9.17) is 10.2 Å². The van der Waals surface area contributed by atoms with Crippen LogP contribution < -0.4 is 11.1 Å². The molecule has 0 saturated carbocycles. The van der Waals surface area contributed by atoms with Crippen LogP contribution in [0.4, 0.5) is 24.5 Å². The second kappa shape index (κ2) is 7.01. The molecular weight excluding hydrogens is 361 g/mol. The predicted octanol–water partition coefficient (Wildman–Crippen LogP) is 3.67. The number of para-hydroxylation sites is 1. The Morgan fingerprint density at radius 1 is 1.07 bits per heavy atom. The number of benzene rings is 2. The van der Waals surface area contributed by atoms with Gasteiger partial charge in [0.05, 0.1) is 16.8 Å². The molecule has 0 aliphatic rings. The first kappa shape index (κ1) is 18.9. The minimum absolute atomic E-state index is 0.0238. The third-order valence-corrected chi connectivity index (χ3v) is 3.93. The lowest BCUT2D eigenvalue weighted by molar-refractivity contribution is -0.137. The number of aromatic nitrogens is 2. The van der Waals surface area contributed by atoms with Crippen molar-refractivity contribution in [3.05, 3.63) is 60.0 Å². The van der Waals surface area contributed by atoms with Crippen LogP contribution in [0, 0.1) is 0 Å². The van der Waals surface area contributed by atoms with Crippen molar-refractivity contribution in [2.24, 2.45) is 5.73 Å². The minimum Gasteiger partial charge on any atom is -0.417 e. The van der Waals surface area contributed by atoms with E-state index in [2.05, 4.69) is 15.5 Å². The van der Waals surface area contributed by atoms with E-state index >= 15 is 0 Å². The summed E-state index contributed by atoms with van der Waals surface area (Å²) in [7, 11) is 0. The Bertz CT molecular complexity index is 921. The molecule has 2 aromatic carbocycles. The van der Waals surface area contributed by atoms with Crippen LogP contribution in [-0.2, 0) is 11.8 Å². The average Bonchev–Trinajstić information content (AvgIpc) is 3.13. The van der Waals surface area contributed by atoms with E-state index in [0.717, 1.165) is 12.1 Å². The van der Waals surface area contributed by atoms with Crippen molar-refractivity contribution < 1.29 is 22.7 Å². The van der Waals surface area contributed by atoms with Gasteiger partial charge in [0.15, 0.2) is 5.60 Å². The monoisotopic (exact) mass is 378 g/mol. The van der Waals surface area contributed by atoms with Gasteiger partial charge in [0.1, 0.15) is 0 Å². The Balaban J connectivity index is 1.89. The largest absolute Gasteiger partial charge is 0.417 e. The summed E-state index contributed by atoms with van der Waals surface area (Å²) >= 11 is 0. The van der Waals surface area contributed by atoms with Gasteiger partial charge < -0.3 is 20.6 Å². The van der Waals surface area contributed by atoms with Crippen LogP contribution in [0.1, 0.15) is 18.4 Å². The van der Waals surface area contributed by atoms with Gasteiger partial charge in [-0.25, -0.2) is 0 Å². The molecule has 6 nitrogen and oxygen atoms in total. The second-order valence-electron chi connectivity index (χ2n) is 6.14. The molecule has 0 radical (unpaired) electrons. The summed E-state index contributed by atoms with van der Waals surface area (Å²) in [5.41, 5.74) is 4.85. The van der Waals surface area contributed by atoms with E-state index < -0.39 is 17.3 Å². The summed E-state index contributed by atoms with van der Waals surface area (Å²) in [6.07, 6.45) is -4.39. The lowest BCUT2D eigenvalue weighted by atomic mass is 10.1. The smallest absolute Gasteiger partial charge is 0.416 e. The third kappa shape index (κ3) is 4.09. The average molecular weight is 378 g/mol. The lowest BCUT2D eigenvalue weighted by Crippen LogP contribution is -2.31. The SMILES string of the molecule is CC(O)(CN)c1nnc(-c2ccccc2Nc2ccc(C(F)(F)F)cc2)o1. The number of alkyl halides is 3. The van der Waals surface area contributed by atoms with Gasteiger partial charge in [-0.2, -0.15) is 13.2 Å². The molecule has 9 heteroatoms. The molecule has 0 amide bonds. The molecule has 0 bridgehead atoms. The summed E-state index contributed by atoms with van der Waals surface area (Å²) < 4.78 is 43.6. The van der Waals surface area contributed by atoms with Crippen LogP contribution in [0.25, 0.3) is 11.5 Å². The van der Waals surface area contributed by atoms with Crippen LogP contribution in [0.5, 0.6) is 0 Å². The maximum atomic E-state index is 12.7. The molecule has 0 fully saturated rings. The number of anilines is 2. The predicted molar refractivity (Wildman–Crippen MR) is 93.1 cm³/mol. The zero-order chi connectivity index (χ0) is 19.7. The topological polar surface area (TPSA) is 97.2 Å². The second-order valence-corrected chi connectivity index (χ2v) is 6.14. The summed E-state index contributed by atoms with van der Waals surface area (Å²) in [5.74, 6) is 0.123. The van der Waals surface area contributed by atoms with Gasteiger partial charge in [-0.1, -0.05) is 12.1 Å². The van der Waals surface area contributed by atoms with E-state index in [9.17, 15) is 18.3 Å². The van der Waals surface area contributed by atoms with Gasteiger partial charge in [0, 0.05) is 12.2 Å². The van der Waals surface area contributed by atoms with Crippen LogP contribution in [0.2, 0.25) is 0 Å². The van der Waals surface area contributed by atoms with Crippen molar-refractivity contribution >= 4 is 11.4 Å². The van der Waals surface area contributed by atoms with E-state index in [1.807, 2.05) is 0 Å². The molecule has 142 valence electrons. The first-order valence-corrected chi connectivity index (χ1v) is 8.01. The molecular formula is C18H17F3N4O2. The normalized spacial score (nSPS) is 14.0. The Morgan fingerprint density at radius 3 is 2.37 bits per heavy atom. The minimum atomic E-state index is -4.39. The highest BCUT2D eigenvalue weighted by Crippen LogP contribution is 2.33. The Hall–Kier alpha value is -2.91. The molecule has 0 aliphatic carbocycles. The Labute approximate surface area is 152 Å². The van der Waals surface area contributed by atoms with Crippen LogP contribution in [0.3, 0.4) is 0 Å². The quantitative estimate of drug-likeness (QED) is 0.627. The van der Waals surface area contributed by atoms with E-state index in [1.54, 1.807) is 24.3 Å². The molecule has 0 spiro atoms. The number of aliphatic hydroxyl groups is 1. The van der Waals surface area contributed by atoms with Crippen LogP contribution in [-0.4, -0.2) is 21.8 Å². The number of rotatable bonds is 5. The number of nitrogens with two attached hydrogens (primary N) is 1. The maximum absolute atomic E-state index is 12.7. The fraction of sp³-hybridized carbons (Fsp3) is 0.222. The molecule has 4 N–H and O–H groups in total. The molecule has 3 rings (SSSR count). The van der Waals surface area contributed by atoms with Crippen molar-refractivity contribution in [3.8, 4) is 11.5 Å². The molecule has 0 saturated heterocycles. The van der Waals surface area contributed by atoms with Crippen molar-refractivity contribution in [2.75, 3.05) is 11.9 Å². The van der Waals surface area contributed by atoms with Gasteiger partial charge in [-0.3, -0.25) is 0 Å². The van der Waals surface area contributed by atoms with Crippen molar-refractivity contribution in [3.63, 3.8) is 0 Å². The van der Waals surface area contributed by atoms with Crippen molar-refractivity contribution in [2.45, 2.75) is 18.7 Å². The van der Waals surface area contributed by atoms with Crippen LogP contribution in [0.15, 0.2) is 52.9 Å². The zero-order valence-corrected chi connectivity index (χ0v) is 14.3. The first-order valence-electron chi connectivity index (χ1n) is 8.01. The van der Waals surface area contributed by atoms with E-state index in [-0.39, 0.29) is 18.3 Å². The van der Waals surface area contributed by atoms with Crippen molar-refractivity contribution in [1.29, 1.82) is 0 Å². The van der Waals surface area contributed by atoms with Gasteiger partial charge in [-0.15, -0.1) is 10.2 Å². The molecule has 1 unspecified atom stereocenters. The number of nitrogens with zero attached hydrogens (tertiary/aromatic N) is 2. The van der Waals surface area contributed by atoms with E-state index in [0.29, 0.717) is 16.9 Å². The third-order valence-electron chi connectivity index (χ3n) is 3.93. The standard InChI is InChI=1S/C18H17F3N4O2/c1-17(26,10-22)16-25-24-15(27-16)13-4-2-3-5-14(13)23-12-8-6-11(7-9-12)18(19,20)21/h2-9,23,26H,10,22H2,1H3. The molecule has 1 heterocycles. The first-order chi connectivity index (χ1) is 12.7. The molecule has 0 aliphatic heterocycles. The Kier molecular flexibility index (Phi) is 4.90. The summed E-state index contributed by atoms with van der Waals surface area (Å²) in [6, 6.07) is 11.6. The molecule has 27 heavy (non-hydrogen) atoms. The molecule has 1 atom stereocenters. The number of halogens is 3. The fourth-order valence-electron chi connectivity index (χ4n) is 2.31. The zero-order valence-electron chi connectivity index (χ0n) is 14.3. The van der Waals surface area contributed by atoms with Gasteiger partial charge >= 0.3 is 6.18 Å². The number of nitrogens with one attached hydrogen (secondary N) is 1. The highest BCUT2D eigenvalue weighted by molar-refractivity contribution is 5.76. The number of hydrogen-bond acceptors (Lipinski definition) is 6. The highest BCUT2D eigenvalue weighted by Gasteiger charge is 2.30. The highest BCUT2D eigenvalue weighted by atomic mass is 19.4. The fourth-order valence-corrected chi connectivity index (χ4v) is 2.31. The molecule has 3 aromatic rings. The van der Waals surface area contributed by atoms with Gasteiger partial charge in [-0.05, 0) is 43.3 Å². The van der Waals surface area contributed by atoms with Gasteiger partial charge in [0.25, 0.3) is 0 Å². The maximum Gasteiger partial charge on any atom is 0.416 e. The van der Waals surface area contributed by atoms with E-state index in [1.165, 1.54) is 19.1 Å². The summed E-state index contributed by atoms with van der Waals surface area (Å²) in [6.45, 7) is 1.36. The molecule has 1 aromatic heterocycles. The van der Waals surface area contributed by atoms with Crippen LogP contribution >= 0.6 is 0 Å². The Morgan fingerprint density at radius 2 is 1.74 bits per heavy atom. The van der Waals surface area contributed by atoms with Gasteiger partial charge in [0.2, 0.25) is 11.8 Å². The summed E-state index contributed by atoms with van der Waals surface area (Å²) in [4.78, 5) is 0. The summed E-state index contributed by atoms with van der Waals surface area (Å²) in [5, 5.41) is 20.9. The number of hydrogen-bond donors (Lipinski definition) is 3. The lowest BCUT2D eigenvalue weighted by Gasteiger charge is -2.15.